The zero-order valence-electron chi connectivity index (χ0n) is 15.1. The third-order valence-corrected chi connectivity index (χ3v) is 5.90. The third-order valence-electron chi connectivity index (χ3n) is 5.90. The normalized spacial score (nSPS) is 24.0. The van der Waals surface area contributed by atoms with E-state index in [1.165, 1.54) is 0 Å². The molecule has 2 fully saturated rings. The van der Waals surface area contributed by atoms with Crippen LogP contribution in [0.2, 0.25) is 0 Å². The van der Waals surface area contributed by atoms with E-state index in [2.05, 4.69) is 15.2 Å². The first kappa shape index (κ1) is 16.4. The summed E-state index contributed by atoms with van der Waals surface area (Å²) >= 11 is 0. The lowest BCUT2D eigenvalue weighted by atomic mass is 9.67. The Balaban J connectivity index is 1.51. The van der Waals surface area contributed by atoms with Crippen molar-refractivity contribution in [3.63, 3.8) is 0 Å². The summed E-state index contributed by atoms with van der Waals surface area (Å²) in [4.78, 5) is 19.8. The van der Waals surface area contributed by atoms with E-state index in [1.54, 1.807) is 13.2 Å². The van der Waals surface area contributed by atoms with E-state index >= 15 is 0 Å². The van der Waals surface area contributed by atoms with Gasteiger partial charge in [-0.15, -0.1) is 10.2 Å². The molecule has 2 aliphatic rings. The van der Waals surface area contributed by atoms with Gasteiger partial charge in [0.1, 0.15) is 17.8 Å². The summed E-state index contributed by atoms with van der Waals surface area (Å²) in [6.07, 6.45) is 2.85. The van der Waals surface area contributed by atoms with Crippen LogP contribution in [0, 0.1) is 5.92 Å². The van der Waals surface area contributed by atoms with Gasteiger partial charge in [-0.2, -0.15) is 0 Å². The maximum absolute atomic E-state index is 13.3. The standard InChI is InChI=1S/C20H20N4O3/c1-26-12-17-22-23-19(27-17)20-10-8-14(20)9-11-24(20)18(25)16-7-6-13-4-2-3-5-15(13)21-16/h2-7,14H,8-12H2,1H3/t14-,20-/m0/s1. The summed E-state index contributed by atoms with van der Waals surface area (Å²) in [6.45, 7) is 0.952. The smallest absolute Gasteiger partial charge is 0.273 e. The van der Waals surface area contributed by atoms with E-state index in [0.29, 0.717) is 29.9 Å². The molecule has 5 rings (SSSR count). The Bertz CT molecular complexity index is 1020. The first-order valence-corrected chi connectivity index (χ1v) is 9.22. The second-order valence-corrected chi connectivity index (χ2v) is 7.23. The predicted octanol–water partition coefficient (Wildman–Crippen LogP) is 2.92. The van der Waals surface area contributed by atoms with Crippen LogP contribution in [0.1, 0.15) is 41.5 Å². The molecule has 1 aliphatic carbocycles. The second-order valence-electron chi connectivity index (χ2n) is 7.23. The summed E-state index contributed by atoms with van der Waals surface area (Å²) in [5.41, 5.74) is 0.780. The van der Waals surface area contributed by atoms with Crippen molar-refractivity contribution in [2.75, 3.05) is 13.7 Å². The quantitative estimate of drug-likeness (QED) is 0.708. The van der Waals surface area contributed by atoms with Gasteiger partial charge in [-0.25, -0.2) is 4.98 Å². The van der Waals surface area contributed by atoms with Crippen LogP contribution in [0.4, 0.5) is 0 Å². The topological polar surface area (TPSA) is 81.4 Å². The Morgan fingerprint density at radius 3 is 2.96 bits per heavy atom. The molecule has 3 aromatic rings. The Labute approximate surface area is 156 Å². The maximum Gasteiger partial charge on any atom is 0.273 e. The number of carbonyl (C=O) groups is 1. The molecular formula is C20H20N4O3. The molecule has 1 saturated carbocycles. The molecule has 2 atom stereocenters. The van der Waals surface area contributed by atoms with E-state index in [-0.39, 0.29) is 12.5 Å². The lowest BCUT2D eigenvalue weighted by molar-refractivity contribution is -0.00492. The van der Waals surface area contributed by atoms with Crippen LogP contribution in [-0.2, 0) is 16.9 Å². The number of hydrogen-bond donors (Lipinski definition) is 0. The van der Waals surface area contributed by atoms with Crippen molar-refractivity contribution in [3.8, 4) is 0 Å². The molecule has 138 valence electrons. The maximum atomic E-state index is 13.3. The Hall–Kier alpha value is -2.80. The number of carbonyl (C=O) groups excluding carboxylic acids is 1. The van der Waals surface area contributed by atoms with Crippen molar-refractivity contribution < 1.29 is 13.9 Å². The van der Waals surface area contributed by atoms with Gasteiger partial charge >= 0.3 is 0 Å². The lowest BCUT2D eigenvalue weighted by Crippen LogP contribution is -2.54. The molecule has 0 radical (unpaired) electrons. The highest BCUT2D eigenvalue weighted by molar-refractivity contribution is 5.95. The number of methoxy groups -OCH3 is 1. The Morgan fingerprint density at radius 2 is 2.15 bits per heavy atom. The number of aromatic nitrogens is 3. The number of fused-ring (bicyclic) bond motifs is 2. The molecule has 1 aliphatic heterocycles. The molecular weight excluding hydrogens is 344 g/mol. The summed E-state index contributed by atoms with van der Waals surface area (Å²) in [6, 6.07) is 11.6. The molecule has 2 aromatic heterocycles. The van der Waals surface area contributed by atoms with Crippen LogP contribution in [0.5, 0.6) is 0 Å². The minimum absolute atomic E-state index is 0.0746. The molecule has 0 unspecified atom stereocenters. The predicted molar refractivity (Wildman–Crippen MR) is 96.8 cm³/mol. The van der Waals surface area contributed by atoms with Crippen LogP contribution in [-0.4, -0.2) is 39.6 Å². The number of benzene rings is 1. The van der Waals surface area contributed by atoms with Crippen LogP contribution >= 0.6 is 0 Å². The van der Waals surface area contributed by atoms with Crippen molar-refractivity contribution >= 4 is 16.8 Å². The monoisotopic (exact) mass is 364 g/mol. The van der Waals surface area contributed by atoms with Crippen molar-refractivity contribution in [1.82, 2.24) is 20.1 Å². The average molecular weight is 364 g/mol. The highest BCUT2D eigenvalue weighted by Gasteiger charge is 2.61. The third kappa shape index (κ3) is 2.38. The van der Waals surface area contributed by atoms with Crippen LogP contribution in [0.25, 0.3) is 10.9 Å². The van der Waals surface area contributed by atoms with Gasteiger partial charge in [0.2, 0.25) is 11.8 Å². The van der Waals surface area contributed by atoms with Gasteiger partial charge in [0.15, 0.2) is 0 Å². The zero-order valence-corrected chi connectivity index (χ0v) is 15.1. The lowest BCUT2D eigenvalue weighted by Gasteiger charge is -2.46. The Kier molecular flexibility index (Phi) is 3.72. The Morgan fingerprint density at radius 1 is 1.26 bits per heavy atom. The average Bonchev–Trinajstić information content (AvgIpc) is 3.23. The number of hydrogen-bond acceptors (Lipinski definition) is 6. The highest BCUT2D eigenvalue weighted by Crippen LogP contribution is 2.56. The molecule has 0 bridgehead atoms. The number of pyridine rings is 1. The number of amides is 1. The molecule has 27 heavy (non-hydrogen) atoms. The van der Waals surface area contributed by atoms with Gasteiger partial charge in [0.25, 0.3) is 5.91 Å². The molecule has 1 saturated heterocycles. The first-order valence-electron chi connectivity index (χ1n) is 9.22. The molecule has 3 heterocycles. The molecule has 1 aromatic carbocycles. The largest absolute Gasteiger partial charge is 0.420 e. The van der Waals surface area contributed by atoms with E-state index in [4.69, 9.17) is 9.15 Å². The summed E-state index contributed by atoms with van der Waals surface area (Å²) in [5, 5.41) is 9.35. The van der Waals surface area contributed by atoms with Crippen molar-refractivity contribution in [1.29, 1.82) is 0 Å². The van der Waals surface area contributed by atoms with Gasteiger partial charge < -0.3 is 14.1 Å². The number of likely N-dealkylation sites (tertiary alicyclic amines) is 1. The van der Waals surface area contributed by atoms with Crippen LogP contribution in [0.15, 0.2) is 40.8 Å². The molecule has 0 spiro atoms. The number of nitrogens with zero attached hydrogens (tertiary/aromatic N) is 4. The van der Waals surface area contributed by atoms with Crippen molar-refractivity contribution in [3.05, 3.63) is 53.9 Å². The number of rotatable bonds is 4. The van der Waals surface area contributed by atoms with Gasteiger partial charge in [-0.05, 0) is 37.3 Å². The highest BCUT2D eigenvalue weighted by atomic mass is 16.5. The van der Waals surface area contributed by atoms with E-state index in [0.717, 1.165) is 30.2 Å². The molecule has 7 heteroatoms. The molecule has 1 amide bonds. The minimum Gasteiger partial charge on any atom is -0.420 e. The number of ether oxygens (including phenoxy) is 1. The van der Waals surface area contributed by atoms with Gasteiger partial charge in [0, 0.05) is 19.0 Å². The van der Waals surface area contributed by atoms with Crippen molar-refractivity contribution in [2.24, 2.45) is 5.92 Å². The number of para-hydroxylation sites is 1. The van der Waals surface area contributed by atoms with E-state index in [9.17, 15) is 4.79 Å². The summed E-state index contributed by atoms with van der Waals surface area (Å²) < 4.78 is 10.9. The van der Waals surface area contributed by atoms with E-state index < -0.39 is 5.54 Å². The summed E-state index contributed by atoms with van der Waals surface area (Å²) in [7, 11) is 1.59. The molecule has 0 N–H and O–H groups in total. The SMILES string of the molecule is COCc1nnc([C@]23CC[C@H]2CCN3C(=O)c2ccc3ccccc3n2)o1. The van der Waals surface area contributed by atoms with Gasteiger partial charge in [-0.1, -0.05) is 24.3 Å². The fourth-order valence-corrected chi connectivity index (χ4v) is 4.46. The van der Waals surface area contributed by atoms with Gasteiger partial charge in [0.05, 0.1) is 5.52 Å². The minimum atomic E-state index is -0.497. The zero-order chi connectivity index (χ0) is 18.4. The summed E-state index contributed by atoms with van der Waals surface area (Å²) in [5.74, 6) is 1.25. The fraction of sp³-hybridized carbons (Fsp3) is 0.400. The van der Waals surface area contributed by atoms with Gasteiger partial charge in [-0.3, -0.25) is 4.79 Å². The second kappa shape index (κ2) is 6.13. The van der Waals surface area contributed by atoms with Crippen LogP contribution < -0.4 is 0 Å². The van der Waals surface area contributed by atoms with Crippen molar-refractivity contribution in [2.45, 2.75) is 31.4 Å². The molecule has 7 nitrogen and oxygen atoms in total. The fourth-order valence-electron chi connectivity index (χ4n) is 4.46. The van der Waals surface area contributed by atoms with E-state index in [1.807, 2.05) is 35.2 Å². The van der Waals surface area contributed by atoms with Crippen LogP contribution in [0.3, 0.4) is 0 Å². The first-order chi connectivity index (χ1) is 13.2.